The molecule has 0 atom stereocenters. The Morgan fingerprint density at radius 1 is 1.00 bits per heavy atom. The van der Waals surface area contributed by atoms with Gasteiger partial charge in [0.1, 0.15) is 0 Å². The van der Waals surface area contributed by atoms with Crippen molar-refractivity contribution in [2.75, 3.05) is 5.32 Å². The van der Waals surface area contributed by atoms with Gasteiger partial charge in [-0.3, -0.25) is 0 Å². The summed E-state index contributed by atoms with van der Waals surface area (Å²) in [6, 6.07) is 19.6. The molecule has 0 aliphatic heterocycles. The molecule has 0 unspecified atom stereocenters. The first-order chi connectivity index (χ1) is 10.7. The van der Waals surface area contributed by atoms with Gasteiger partial charge in [-0.1, -0.05) is 62.4 Å². The number of para-hydroxylation sites is 1. The molecule has 2 aromatic rings. The van der Waals surface area contributed by atoms with Crippen molar-refractivity contribution >= 4 is 5.69 Å². The normalized spacial score (nSPS) is 20.7. The summed E-state index contributed by atoms with van der Waals surface area (Å²) in [7, 11) is 0. The Labute approximate surface area is 133 Å². The van der Waals surface area contributed by atoms with E-state index in [0.717, 1.165) is 19.4 Å². The van der Waals surface area contributed by atoms with Crippen molar-refractivity contribution in [3.8, 4) is 0 Å². The first kappa shape index (κ1) is 15.1. The van der Waals surface area contributed by atoms with Crippen molar-refractivity contribution in [2.45, 2.75) is 51.4 Å². The Morgan fingerprint density at radius 2 is 1.68 bits per heavy atom. The van der Waals surface area contributed by atoms with Crippen LogP contribution in [-0.4, -0.2) is 12.1 Å². The van der Waals surface area contributed by atoms with E-state index in [-0.39, 0.29) is 0 Å². The molecule has 3 rings (SSSR count). The van der Waals surface area contributed by atoms with Crippen LogP contribution in [0.15, 0.2) is 54.6 Å². The maximum absolute atomic E-state index is 5.97. The molecule has 0 saturated heterocycles. The topological polar surface area (TPSA) is 21.3 Å². The summed E-state index contributed by atoms with van der Waals surface area (Å²) in [5.74, 6) is 0.550. The second-order valence-corrected chi connectivity index (χ2v) is 6.47. The number of hydrogen-bond donors (Lipinski definition) is 1. The molecule has 2 nitrogen and oxygen atoms in total. The van der Waals surface area contributed by atoms with E-state index in [9.17, 15) is 0 Å². The third-order valence-corrected chi connectivity index (χ3v) is 4.37. The lowest BCUT2D eigenvalue weighted by Gasteiger charge is -2.37. The predicted molar refractivity (Wildman–Crippen MR) is 92.2 cm³/mol. The van der Waals surface area contributed by atoms with Crippen molar-refractivity contribution in [3.05, 3.63) is 65.7 Å². The zero-order valence-electron chi connectivity index (χ0n) is 13.5. The molecule has 0 bridgehead atoms. The predicted octanol–water partition coefficient (Wildman–Crippen LogP) is 4.97. The highest BCUT2D eigenvalue weighted by Gasteiger charge is 2.30. The number of ether oxygens (including phenoxy) is 1. The van der Waals surface area contributed by atoms with Crippen molar-refractivity contribution in [2.24, 2.45) is 0 Å². The van der Waals surface area contributed by atoms with E-state index in [1.807, 2.05) is 6.07 Å². The van der Waals surface area contributed by atoms with Gasteiger partial charge in [0.15, 0.2) is 0 Å². The SMILES string of the molecule is CC(C)c1ccccc1NC1CC(OCc2ccccc2)C1. The average Bonchev–Trinajstić information content (AvgIpc) is 2.50. The lowest BCUT2D eigenvalue weighted by molar-refractivity contribution is -0.0150. The minimum Gasteiger partial charge on any atom is -0.382 e. The quantitative estimate of drug-likeness (QED) is 0.812. The lowest BCUT2D eigenvalue weighted by atomic mass is 9.88. The molecule has 0 aromatic heterocycles. The number of nitrogens with one attached hydrogen (secondary N) is 1. The highest BCUT2D eigenvalue weighted by Crippen LogP contribution is 2.31. The zero-order valence-corrected chi connectivity index (χ0v) is 13.5. The largest absolute Gasteiger partial charge is 0.382 e. The van der Waals surface area contributed by atoms with Crippen molar-refractivity contribution in [3.63, 3.8) is 0 Å². The van der Waals surface area contributed by atoms with E-state index < -0.39 is 0 Å². The Balaban J connectivity index is 1.46. The van der Waals surface area contributed by atoms with E-state index in [0.29, 0.717) is 18.1 Å². The first-order valence-corrected chi connectivity index (χ1v) is 8.23. The number of anilines is 1. The molecular weight excluding hydrogens is 270 g/mol. The minimum atomic E-state index is 0.393. The van der Waals surface area contributed by atoms with Gasteiger partial charge in [0, 0.05) is 11.7 Å². The summed E-state index contributed by atoms with van der Waals surface area (Å²) in [5.41, 5.74) is 3.93. The summed E-state index contributed by atoms with van der Waals surface area (Å²) in [4.78, 5) is 0. The fourth-order valence-electron chi connectivity index (χ4n) is 2.96. The van der Waals surface area contributed by atoms with E-state index >= 15 is 0 Å². The van der Waals surface area contributed by atoms with Crippen LogP contribution in [0.4, 0.5) is 5.69 Å². The average molecular weight is 295 g/mol. The van der Waals surface area contributed by atoms with Gasteiger partial charge in [0.2, 0.25) is 0 Å². The van der Waals surface area contributed by atoms with Crippen LogP contribution in [0.3, 0.4) is 0 Å². The van der Waals surface area contributed by atoms with Gasteiger partial charge >= 0.3 is 0 Å². The molecule has 0 heterocycles. The van der Waals surface area contributed by atoms with Gasteiger partial charge < -0.3 is 10.1 Å². The molecule has 0 amide bonds. The second-order valence-electron chi connectivity index (χ2n) is 6.47. The first-order valence-electron chi connectivity index (χ1n) is 8.23. The van der Waals surface area contributed by atoms with E-state index in [2.05, 4.69) is 67.7 Å². The molecule has 22 heavy (non-hydrogen) atoms. The van der Waals surface area contributed by atoms with E-state index in [1.54, 1.807) is 0 Å². The molecule has 1 N–H and O–H groups in total. The minimum absolute atomic E-state index is 0.393. The van der Waals surface area contributed by atoms with Gasteiger partial charge in [-0.05, 0) is 36.0 Å². The Hall–Kier alpha value is -1.80. The van der Waals surface area contributed by atoms with Gasteiger partial charge in [-0.25, -0.2) is 0 Å². The summed E-state index contributed by atoms with van der Waals surface area (Å²) >= 11 is 0. The highest BCUT2D eigenvalue weighted by atomic mass is 16.5. The van der Waals surface area contributed by atoms with Gasteiger partial charge in [-0.15, -0.1) is 0 Å². The maximum Gasteiger partial charge on any atom is 0.0720 e. The fraction of sp³-hybridized carbons (Fsp3) is 0.400. The molecular formula is C20H25NO. The third-order valence-electron chi connectivity index (χ3n) is 4.37. The molecule has 1 fully saturated rings. The van der Waals surface area contributed by atoms with Crippen molar-refractivity contribution in [1.29, 1.82) is 0 Å². The summed E-state index contributed by atoms with van der Waals surface area (Å²) < 4.78 is 5.97. The molecule has 1 saturated carbocycles. The lowest BCUT2D eigenvalue weighted by Crippen LogP contribution is -2.40. The van der Waals surface area contributed by atoms with Crippen LogP contribution in [0.1, 0.15) is 43.7 Å². The molecule has 2 aromatic carbocycles. The molecule has 0 radical (unpaired) electrons. The van der Waals surface area contributed by atoms with Crippen LogP contribution >= 0.6 is 0 Å². The number of hydrogen-bond acceptors (Lipinski definition) is 2. The van der Waals surface area contributed by atoms with Crippen LogP contribution in [0.25, 0.3) is 0 Å². The Kier molecular flexibility index (Phi) is 4.79. The molecule has 1 aliphatic carbocycles. The molecule has 1 aliphatic rings. The Bertz CT molecular complexity index is 588. The molecule has 2 heteroatoms. The molecule has 0 spiro atoms. The van der Waals surface area contributed by atoms with Gasteiger partial charge in [-0.2, -0.15) is 0 Å². The van der Waals surface area contributed by atoms with Crippen molar-refractivity contribution < 1.29 is 4.74 Å². The Morgan fingerprint density at radius 3 is 2.41 bits per heavy atom. The van der Waals surface area contributed by atoms with Crippen LogP contribution in [0, 0.1) is 0 Å². The highest BCUT2D eigenvalue weighted by molar-refractivity contribution is 5.53. The number of benzene rings is 2. The monoisotopic (exact) mass is 295 g/mol. The van der Waals surface area contributed by atoms with Crippen LogP contribution in [0.2, 0.25) is 0 Å². The van der Waals surface area contributed by atoms with E-state index in [1.165, 1.54) is 16.8 Å². The summed E-state index contributed by atoms with van der Waals surface area (Å²) in [6.45, 7) is 5.21. The summed E-state index contributed by atoms with van der Waals surface area (Å²) in [5, 5.41) is 3.68. The van der Waals surface area contributed by atoms with Crippen molar-refractivity contribution in [1.82, 2.24) is 0 Å². The van der Waals surface area contributed by atoms with Gasteiger partial charge in [0.25, 0.3) is 0 Å². The standard InChI is InChI=1S/C20H25NO/c1-15(2)19-10-6-7-11-20(19)21-17-12-18(13-17)22-14-16-8-4-3-5-9-16/h3-11,15,17-18,21H,12-14H2,1-2H3. The van der Waals surface area contributed by atoms with Crippen LogP contribution in [0.5, 0.6) is 0 Å². The van der Waals surface area contributed by atoms with Gasteiger partial charge in [0.05, 0.1) is 12.7 Å². The third kappa shape index (κ3) is 3.69. The van der Waals surface area contributed by atoms with Crippen LogP contribution in [-0.2, 0) is 11.3 Å². The molecule has 116 valence electrons. The van der Waals surface area contributed by atoms with E-state index in [4.69, 9.17) is 4.74 Å². The second kappa shape index (κ2) is 6.97. The fourth-order valence-corrected chi connectivity index (χ4v) is 2.96. The smallest absolute Gasteiger partial charge is 0.0720 e. The maximum atomic E-state index is 5.97. The van der Waals surface area contributed by atoms with Crippen LogP contribution < -0.4 is 5.32 Å². The summed E-state index contributed by atoms with van der Waals surface area (Å²) in [6.07, 6.45) is 2.59. The zero-order chi connectivity index (χ0) is 15.4. The number of rotatable bonds is 6.